The summed E-state index contributed by atoms with van der Waals surface area (Å²) in [6.07, 6.45) is 4.97. The van der Waals surface area contributed by atoms with Gasteiger partial charge in [0.2, 0.25) is 11.7 Å². The van der Waals surface area contributed by atoms with Crippen molar-refractivity contribution in [2.45, 2.75) is 140 Å². The van der Waals surface area contributed by atoms with Crippen LogP contribution in [0.3, 0.4) is 0 Å². The quantitative estimate of drug-likeness (QED) is 0.0243. The lowest BCUT2D eigenvalue weighted by atomic mass is 9.72. The van der Waals surface area contributed by atoms with Crippen molar-refractivity contribution in [1.82, 2.24) is 10.6 Å². The van der Waals surface area contributed by atoms with Crippen molar-refractivity contribution in [2.24, 2.45) is 27.8 Å². The summed E-state index contributed by atoms with van der Waals surface area (Å²) in [5, 5.41) is 25.8. The fourth-order valence-corrected chi connectivity index (χ4v) is 7.25. The number of fused-ring (bicyclic) bond motifs is 1. The molecule has 0 aromatic carbocycles. The van der Waals surface area contributed by atoms with Crippen LogP contribution >= 0.6 is 0 Å². The van der Waals surface area contributed by atoms with Gasteiger partial charge in [-0.2, -0.15) is 0 Å². The zero-order valence-electron chi connectivity index (χ0n) is 33.6. The van der Waals surface area contributed by atoms with Gasteiger partial charge in [0, 0.05) is 57.4 Å². The molecule has 3 fully saturated rings. The Balaban J connectivity index is 1.48. The van der Waals surface area contributed by atoms with Crippen molar-refractivity contribution < 1.29 is 57.8 Å². The van der Waals surface area contributed by atoms with Crippen molar-refractivity contribution in [2.75, 3.05) is 27.6 Å². The first-order valence-electron chi connectivity index (χ1n) is 19.2. The van der Waals surface area contributed by atoms with E-state index in [1.54, 1.807) is 19.3 Å². The summed E-state index contributed by atoms with van der Waals surface area (Å²) in [6.45, 7) is 11.9. The van der Waals surface area contributed by atoms with Gasteiger partial charge in [0.1, 0.15) is 30.8 Å². The van der Waals surface area contributed by atoms with E-state index in [1.807, 2.05) is 33.8 Å². The zero-order chi connectivity index (χ0) is 41.6. The highest BCUT2D eigenvalue weighted by atomic mass is 16.7. The molecule has 3 saturated heterocycles. The number of ketones is 1. The molecule has 3 aliphatic rings. The van der Waals surface area contributed by atoms with Gasteiger partial charge in [-0.25, -0.2) is 4.79 Å². The lowest BCUT2D eigenvalue weighted by molar-refractivity contribution is -0.330. The molecule has 0 aliphatic carbocycles. The average molecular weight is 794 g/mol. The molecule has 0 radical (unpaired) electrons. The maximum Gasteiger partial charge on any atom is 0.326 e. The molecule has 2 amide bonds. The summed E-state index contributed by atoms with van der Waals surface area (Å²) in [6, 6.07) is -1.05. The molecule has 0 aromatic rings. The van der Waals surface area contributed by atoms with E-state index in [2.05, 4.69) is 22.2 Å². The first-order valence-corrected chi connectivity index (χ1v) is 19.2. The Hall–Kier alpha value is -3.71. The molecular formula is C39H63N5O12. The number of carbonyl (C=O) groups is 4. The molecule has 0 aromatic heterocycles. The highest BCUT2D eigenvalue weighted by Crippen LogP contribution is 2.44. The van der Waals surface area contributed by atoms with Gasteiger partial charge in [0.15, 0.2) is 18.3 Å². The minimum Gasteiger partial charge on any atom is -0.480 e. The van der Waals surface area contributed by atoms with E-state index in [1.165, 1.54) is 13.2 Å². The van der Waals surface area contributed by atoms with Crippen LogP contribution in [0.4, 0.5) is 0 Å². The van der Waals surface area contributed by atoms with Crippen molar-refractivity contribution in [3.63, 3.8) is 0 Å². The number of Topliss-reactive ketones (excluding diaryl/α,β-unsaturated/α-hetero) is 1. The molecule has 3 aliphatic heterocycles. The third-order valence-corrected chi connectivity index (χ3v) is 10.9. The number of unbranched alkanes of at least 4 members (excludes halogenated alkanes) is 3. The molecule has 3 heterocycles. The fraction of sp³-hybridized carbons (Fsp3) is 0.718. The van der Waals surface area contributed by atoms with Crippen LogP contribution < -0.4 is 22.1 Å². The second kappa shape index (κ2) is 21.7. The number of nitrogens with two attached hydrogens (primary N) is 2. The zero-order valence-corrected chi connectivity index (χ0v) is 33.6. The number of ether oxygens (including phenoxy) is 6. The van der Waals surface area contributed by atoms with E-state index >= 15 is 0 Å². The first kappa shape index (κ1) is 46.7. The maximum atomic E-state index is 13.5. The number of carboxylic acid groups (broad SMARTS) is 1. The van der Waals surface area contributed by atoms with Crippen LogP contribution in [0.15, 0.2) is 41.4 Å². The van der Waals surface area contributed by atoms with Crippen LogP contribution in [0.25, 0.3) is 0 Å². The summed E-state index contributed by atoms with van der Waals surface area (Å²) in [4.78, 5) is 54.1. The number of aliphatic hydroxyl groups is 1. The highest BCUT2D eigenvalue weighted by molar-refractivity contribution is 5.91. The summed E-state index contributed by atoms with van der Waals surface area (Å²) in [5.41, 5.74) is 10.7. The second-order valence-corrected chi connectivity index (χ2v) is 15.3. The van der Waals surface area contributed by atoms with Gasteiger partial charge in [-0.05, 0) is 39.0 Å². The van der Waals surface area contributed by atoms with Gasteiger partial charge in [0.05, 0.1) is 18.3 Å². The number of carbonyl (C=O) groups excluding carboxylic acids is 3. The molecule has 0 bridgehead atoms. The van der Waals surface area contributed by atoms with E-state index in [4.69, 9.17) is 39.9 Å². The van der Waals surface area contributed by atoms with Crippen molar-refractivity contribution in [3.05, 3.63) is 36.5 Å². The largest absolute Gasteiger partial charge is 0.480 e. The topological polar surface area (TPSA) is 253 Å². The van der Waals surface area contributed by atoms with E-state index < -0.39 is 71.8 Å². The van der Waals surface area contributed by atoms with Gasteiger partial charge in [-0.3, -0.25) is 19.4 Å². The Kier molecular flexibility index (Phi) is 18.1. The van der Waals surface area contributed by atoms with Crippen LogP contribution in [0, 0.1) is 11.3 Å². The number of hydrogen-bond acceptors (Lipinski definition) is 12. The van der Waals surface area contributed by atoms with Crippen LogP contribution in [0.2, 0.25) is 0 Å². The Labute approximate surface area is 329 Å². The number of amides is 2. The van der Waals surface area contributed by atoms with Crippen molar-refractivity contribution in [3.8, 4) is 0 Å². The molecular weight excluding hydrogens is 730 g/mol. The average Bonchev–Trinajstić information content (AvgIpc) is 3.14. The smallest absolute Gasteiger partial charge is 0.326 e. The number of allylic oxidation sites excluding steroid dienone is 3. The van der Waals surface area contributed by atoms with Gasteiger partial charge < -0.3 is 60.7 Å². The molecule has 0 unspecified atom stereocenters. The second-order valence-electron chi connectivity index (χ2n) is 15.3. The third-order valence-electron chi connectivity index (χ3n) is 10.9. The van der Waals surface area contributed by atoms with E-state index in [0.717, 1.165) is 24.8 Å². The summed E-state index contributed by atoms with van der Waals surface area (Å²) >= 11 is 0. The maximum absolute atomic E-state index is 13.5. The number of guanidine groups is 1. The summed E-state index contributed by atoms with van der Waals surface area (Å²) in [5.74, 6) is -4.12. The lowest BCUT2D eigenvalue weighted by Crippen LogP contribution is -2.69. The minimum absolute atomic E-state index is 0.0147. The normalized spacial score (nSPS) is 30.0. The predicted molar refractivity (Wildman–Crippen MR) is 206 cm³/mol. The number of nitrogens with zero attached hydrogens (tertiary/aromatic N) is 1. The predicted octanol–water partition coefficient (Wildman–Crippen LogP) is 1.96. The number of aliphatic hydroxyl groups excluding tert-OH is 1. The number of nitrogens with one attached hydrogen (secondary N) is 2. The summed E-state index contributed by atoms with van der Waals surface area (Å²) < 4.78 is 35.8. The Morgan fingerprint density at radius 1 is 1.07 bits per heavy atom. The lowest BCUT2D eigenvalue weighted by Gasteiger charge is -2.54. The monoisotopic (exact) mass is 793 g/mol. The molecule has 17 nitrogen and oxygen atoms in total. The Morgan fingerprint density at radius 2 is 1.80 bits per heavy atom. The Morgan fingerprint density at radius 3 is 2.45 bits per heavy atom. The SMILES string of the molecule is C=C1C[C@](OC)([C@H](O)C(=O)N[C@H]2OCO[C@H]3[C@@H]2O[C@H](CC(=O)CCCCC/C=C/C=C/C(=O)N[C@@H](CCCN=C(N)N)C(=O)O)C(C)(C)[C@@H]3OC)O[C@H](C)[C@@H]1C. The molecule has 10 atom stereocenters. The Bertz CT molecular complexity index is 1450. The van der Waals surface area contributed by atoms with E-state index in [9.17, 15) is 29.4 Å². The van der Waals surface area contributed by atoms with Crippen LogP contribution in [-0.2, 0) is 47.6 Å². The molecule has 0 spiro atoms. The van der Waals surface area contributed by atoms with Crippen LogP contribution in [-0.4, -0.2) is 122 Å². The fourth-order valence-electron chi connectivity index (χ4n) is 7.25. The molecule has 3 rings (SSSR count). The third kappa shape index (κ3) is 12.6. The number of aliphatic carboxylic acids is 1. The van der Waals surface area contributed by atoms with Crippen LogP contribution in [0.1, 0.15) is 85.5 Å². The molecule has 0 saturated carbocycles. The van der Waals surface area contributed by atoms with Crippen molar-refractivity contribution >= 4 is 29.5 Å². The highest BCUT2D eigenvalue weighted by Gasteiger charge is 2.57. The first-order chi connectivity index (χ1) is 26.5. The minimum atomic E-state index is -1.71. The molecule has 316 valence electrons. The van der Waals surface area contributed by atoms with Gasteiger partial charge in [-0.15, -0.1) is 0 Å². The number of methoxy groups -OCH3 is 2. The van der Waals surface area contributed by atoms with Gasteiger partial charge >= 0.3 is 5.97 Å². The van der Waals surface area contributed by atoms with Crippen molar-refractivity contribution in [1.29, 1.82) is 0 Å². The van der Waals surface area contributed by atoms with Gasteiger partial charge in [-0.1, -0.05) is 57.6 Å². The molecule has 17 heteroatoms. The number of hydrogen-bond donors (Lipinski definition) is 6. The van der Waals surface area contributed by atoms with E-state index in [0.29, 0.717) is 19.3 Å². The summed E-state index contributed by atoms with van der Waals surface area (Å²) in [7, 11) is 2.94. The number of rotatable bonds is 21. The van der Waals surface area contributed by atoms with Gasteiger partial charge in [0.25, 0.3) is 5.91 Å². The number of aliphatic imine (C=N–C) groups is 1. The molecule has 56 heavy (non-hydrogen) atoms. The standard InChI is InChI=1S/C39H63N5O12/c1-23-21-39(52-7,56-25(3)24(23)2)32(47)34(48)44-35-31-30(53-22-54-35)33(51-6)38(4,5)28(55-31)20-26(45)16-13-11-9-8-10-12-14-18-29(46)43-27(36(49)50)17-15-19-42-37(40)41/h10,12,14,18,24-25,27-28,30-33,35,47H,1,8-9,11,13,15-17,19-22H2,2-7H3,(H,43,46)(H,44,48)(H,49,50)(H4,40,41,42)/b12-10+,18-14+/t24-,25-,27+,28-,30+,31+,32-,33-,35+,39-/m1/s1. The molecule has 8 N–H and O–H groups in total. The van der Waals surface area contributed by atoms with E-state index in [-0.39, 0.29) is 56.4 Å². The number of carboxylic acids is 1. The van der Waals surface area contributed by atoms with Crippen LogP contribution in [0.5, 0.6) is 0 Å².